The molecule has 2 unspecified atom stereocenters. The molecule has 150 valence electrons. The van der Waals surface area contributed by atoms with Crippen LogP contribution in [0.3, 0.4) is 0 Å². The zero-order valence-electron chi connectivity index (χ0n) is 16.3. The summed E-state index contributed by atoms with van der Waals surface area (Å²) >= 11 is 1.30. The van der Waals surface area contributed by atoms with E-state index in [-0.39, 0.29) is 29.4 Å². The second-order valence-corrected chi connectivity index (χ2v) is 8.67. The molecule has 1 saturated carbocycles. The van der Waals surface area contributed by atoms with Crippen LogP contribution in [0.1, 0.15) is 44.3 Å². The first-order valence-electron chi connectivity index (χ1n) is 9.68. The van der Waals surface area contributed by atoms with E-state index in [2.05, 4.69) is 10.3 Å². The molecule has 1 amide bonds. The Labute approximate surface area is 172 Å². The number of fused-ring (bicyclic) bond motifs is 1. The molecular weight excluding hydrogens is 389 g/mol. The summed E-state index contributed by atoms with van der Waals surface area (Å²) < 4.78 is 14.8. The van der Waals surface area contributed by atoms with Crippen molar-refractivity contribution in [1.82, 2.24) is 14.9 Å². The maximum absolute atomic E-state index is 13.1. The van der Waals surface area contributed by atoms with Crippen molar-refractivity contribution in [3.63, 3.8) is 0 Å². The molecule has 4 rings (SSSR count). The molecule has 29 heavy (non-hydrogen) atoms. The van der Waals surface area contributed by atoms with Crippen molar-refractivity contribution in [1.29, 1.82) is 0 Å². The third kappa shape index (κ3) is 4.19. The smallest absolute Gasteiger partial charge is 0.262 e. The van der Waals surface area contributed by atoms with Gasteiger partial charge in [0.2, 0.25) is 5.91 Å². The van der Waals surface area contributed by atoms with E-state index in [1.54, 1.807) is 29.7 Å². The van der Waals surface area contributed by atoms with Gasteiger partial charge in [-0.05, 0) is 56.5 Å². The lowest BCUT2D eigenvalue weighted by Gasteiger charge is -2.19. The van der Waals surface area contributed by atoms with E-state index >= 15 is 0 Å². The van der Waals surface area contributed by atoms with Gasteiger partial charge in [-0.25, -0.2) is 9.37 Å². The predicted molar refractivity (Wildman–Crippen MR) is 113 cm³/mol. The van der Waals surface area contributed by atoms with Crippen LogP contribution in [0.15, 0.2) is 58.5 Å². The maximum atomic E-state index is 13.1. The SMILES string of the molecule is CC(Sc1nc2ccccc2c(=O)n1C1CC1)C(=O)NC(C)c1ccc(F)cc1. The molecule has 1 fully saturated rings. The number of carbonyl (C=O) groups excluding carboxylic acids is 1. The molecule has 1 aliphatic carbocycles. The van der Waals surface area contributed by atoms with Crippen LogP contribution in [0.2, 0.25) is 0 Å². The number of para-hydroxylation sites is 1. The Bertz CT molecular complexity index is 1110. The molecule has 0 spiro atoms. The number of rotatable bonds is 6. The topological polar surface area (TPSA) is 64.0 Å². The van der Waals surface area contributed by atoms with Gasteiger partial charge in [0.15, 0.2) is 5.16 Å². The quantitative estimate of drug-likeness (QED) is 0.487. The fourth-order valence-electron chi connectivity index (χ4n) is 3.24. The Balaban J connectivity index is 1.54. The molecule has 2 aromatic carbocycles. The highest BCUT2D eigenvalue weighted by Crippen LogP contribution is 2.37. The highest BCUT2D eigenvalue weighted by molar-refractivity contribution is 8.00. The Morgan fingerprint density at radius 3 is 2.55 bits per heavy atom. The van der Waals surface area contributed by atoms with Gasteiger partial charge in [0.05, 0.1) is 22.2 Å². The second kappa shape index (κ2) is 7.99. The van der Waals surface area contributed by atoms with E-state index < -0.39 is 5.25 Å². The number of amides is 1. The number of hydrogen-bond donors (Lipinski definition) is 1. The molecule has 1 heterocycles. The lowest BCUT2D eigenvalue weighted by atomic mass is 10.1. The summed E-state index contributed by atoms with van der Waals surface area (Å²) in [6, 6.07) is 13.3. The minimum atomic E-state index is -0.434. The molecular formula is C22H22FN3O2S. The summed E-state index contributed by atoms with van der Waals surface area (Å²) in [6.07, 6.45) is 1.91. The average molecular weight is 412 g/mol. The minimum absolute atomic E-state index is 0.0483. The minimum Gasteiger partial charge on any atom is -0.349 e. The highest BCUT2D eigenvalue weighted by atomic mass is 32.2. The molecule has 1 N–H and O–H groups in total. The van der Waals surface area contributed by atoms with Crippen molar-refractivity contribution in [3.05, 3.63) is 70.3 Å². The third-order valence-corrected chi connectivity index (χ3v) is 6.13. The van der Waals surface area contributed by atoms with Crippen LogP contribution in [0.4, 0.5) is 4.39 Å². The molecule has 3 aromatic rings. The van der Waals surface area contributed by atoms with E-state index in [1.165, 1.54) is 23.9 Å². The molecule has 5 nitrogen and oxygen atoms in total. The largest absolute Gasteiger partial charge is 0.349 e. The van der Waals surface area contributed by atoms with Crippen molar-refractivity contribution in [2.24, 2.45) is 0 Å². The van der Waals surface area contributed by atoms with Crippen LogP contribution in [0.5, 0.6) is 0 Å². The van der Waals surface area contributed by atoms with Gasteiger partial charge >= 0.3 is 0 Å². The molecule has 0 aliphatic heterocycles. The summed E-state index contributed by atoms with van der Waals surface area (Å²) in [6.45, 7) is 3.66. The summed E-state index contributed by atoms with van der Waals surface area (Å²) in [5.74, 6) is -0.465. The van der Waals surface area contributed by atoms with E-state index in [9.17, 15) is 14.0 Å². The zero-order valence-corrected chi connectivity index (χ0v) is 17.1. The Morgan fingerprint density at radius 2 is 1.86 bits per heavy atom. The lowest BCUT2D eigenvalue weighted by molar-refractivity contribution is -0.120. The second-order valence-electron chi connectivity index (χ2n) is 7.36. The first kappa shape index (κ1) is 19.6. The van der Waals surface area contributed by atoms with Gasteiger partial charge < -0.3 is 5.32 Å². The fraction of sp³-hybridized carbons (Fsp3) is 0.318. The van der Waals surface area contributed by atoms with Crippen LogP contribution < -0.4 is 10.9 Å². The van der Waals surface area contributed by atoms with E-state index in [0.717, 1.165) is 18.4 Å². The summed E-state index contributed by atoms with van der Waals surface area (Å²) in [5, 5.41) is 3.70. The predicted octanol–water partition coefficient (Wildman–Crippen LogP) is 4.23. The van der Waals surface area contributed by atoms with Gasteiger partial charge in [-0.2, -0.15) is 0 Å². The summed E-state index contributed by atoms with van der Waals surface area (Å²) in [4.78, 5) is 30.3. The highest BCUT2D eigenvalue weighted by Gasteiger charge is 2.30. The van der Waals surface area contributed by atoms with Gasteiger partial charge in [0, 0.05) is 6.04 Å². The van der Waals surface area contributed by atoms with Crippen molar-refractivity contribution >= 4 is 28.6 Å². The maximum Gasteiger partial charge on any atom is 0.262 e. The van der Waals surface area contributed by atoms with E-state index in [0.29, 0.717) is 16.1 Å². The summed E-state index contributed by atoms with van der Waals surface area (Å²) in [7, 11) is 0. The monoisotopic (exact) mass is 411 g/mol. The number of nitrogens with zero attached hydrogens (tertiary/aromatic N) is 2. The van der Waals surface area contributed by atoms with Gasteiger partial charge in [0.25, 0.3) is 5.56 Å². The first-order chi connectivity index (χ1) is 13.9. The Hall–Kier alpha value is -2.67. The van der Waals surface area contributed by atoms with E-state index in [4.69, 9.17) is 0 Å². The van der Waals surface area contributed by atoms with E-state index in [1.807, 2.05) is 25.1 Å². The molecule has 1 aromatic heterocycles. The van der Waals surface area contributed by atoms with Crippen molar-refractivity contribution in [2.75, 3.05) is 0 Å². The van der Waals surface area contributed by atoms with Crippen molar-refractivity contribution < 1.29 is 9.18 Å². The molecule has 0 radical (unpaired) electrons. The Kier molecular flexibility index (Phi) is 5.41. The molecule has 2 atom stereocenters. The molecule has 1 aliphatic rings. The first-order valence-corrected chi connectivity index (χ1v) is 10.6. The normalized spacial score (nSPS) is 15.8. The molecule has 0 bridgehead atoms. The van der Waals surface area contributed by atoms with Gasteiger partial charge in [-0.3, -0.25) is 14.2 Å². The van der Waals surface area contributed by atoms with Crippen LogP contribution in [0.25, 0.3) is 10.9 Å². The van der Waals surface area contributed by atoms with Crippen LogP contribution in [0, 0.1) is 5.82 Å². The summed E-state index contributed by atoms with van der Waals surface area (Å²) in [5.41, 5.74) is 1.42. The van der Waals surface area contributed by atoms with Gasteiger partial charge in [-0.1, -0.05) is 36.0 Å². The number of nitrogens with one attached hydrogen (secondary N) is 1. The number of thioether (sulfide) groups is 1. The number of hydrogen-bond acceptors (Lipinski definition) is 4. The van der Waals surface area contributed by atoms with Crippen molar-refractivity contribution in [3.8, 4) is 0 Å². The van der Waals surface area contributed by atoms with Gasteiger partial charge in [0.1, 0.15) is 5.82 Å². The lowest BCUT2D eigenvalue weighted by Crippen LogP contribution is -2.33. The van der Waals surface area contributed by atoms with Crippen LogP contribution >= 0.6 is 11.8 Å². The fourth-order valence-corrected chi connectivity index (χ4v) is 4.23. The Morgan fingerprint density at radius 1 is 1.17 bits per heavy atom. The third-order valence-electron chi connectivity index (χ3n) is 5.07. The number of aromatic nitrogens is 2. The zero-order chi connectivity index (χ0) is 20.5. The standard InChI is InChI=1S/C22H22FN3O2S/c1-13(15-7-9-16(23)10-8-15)24-20(27)14(2)29-22-25-19-6-4-3-5-18(19)21(28)26(22)17-11-12-17/h3-10,13-14,17H,11-12H2,1-2H3,(H,24,27). The molecule has 0 saturated heterocycles. The van der Waals surface area contributed by atoms with Crippen LogP contribution in [-0.2, 0) is 4.79 Å². The average Bonchev–Trinajstić information content (AvgIpc) is 3.53. The van der Waals surface area contributed by atoms with Gasteiger partial charge in [-0.15, -0.1) is 0 Å². The number of halogens is 1. The number of benzene rings is 2. The van der Waals surface area contributed by atoms with Crippen molar-refractivity contribution in [2.45, 2.75) is 49.2 Å². The number of carbonyl (C=O) groups is 1. The van der Waals surface area contributed by atoms with Crippen LogP contribution in [-0.4, -0.2) is 20.7 Å². The molecule has 7 heteroatoms.